The molecule has 0 heterocycles. The molecule has 2 rings (SSSR count). The van der Waals surface area contributed by atoms with Crippen molar-refractivity contribution in [3.05, 3.63) is 47.6 Å². The Morgan fingerprint density at radius 1 is 0.889 bits per heavy atom. The zero-order valence-corrected chi connectivity index (χ0v) is 18.3. The summed E-state index contributed by atoms with van der Waals surface area (Å²) in [6.07, 6.45) is 16.7. The minimum absolute atomic E-state index is 0. The Balaban J connectivity index is -0.0000000793. The van der Waals surface area contributed by atoms with Gasteiger partial charge >= 0.3 is 26.2 Å². The predicted molar refractivity (Wildman–Crippen MR) is 71.3 cm³/mol. The van der Waals surface area contributed by atoms with Gasteiger partial charge in [-0.25, -0.2) is 23.3 Å². The molecule has 0 aromatic heterocycles. The Hall–Kier alpha value is 1.02. The third kappa shape index (κ3) is 19.4. The van der Waals surface area contributed by atoms with Gasteiger partial charge in [0.25, 0.3) is 0 Å². The van der Waals surface area contributed by atoms with E-state index in [9.17, 15) is 0 Å². The van der Waals surface area contributed by atoms with Gasteiger partial charge in [-0.15, -0.1) is 12.8 Å². The molecule has 0 unspecified atom stereocenters. The summed E-state index contributed by atoms with van der Waals surface area (Å²) in [6, 6.07) is 0. The fraction of sp³-hybridized carbons (Fsp3) is 0.429. The molecule has 0 nitrogen and oxygen atoms in total. The van der Waals surface area contributed by atoms with Crippen molar-refractivity contribution in [1.82, 2.24) is 0 Å². The van der Waals surface area contributed by atoms with Gasteiger partial charge in [0.1, 0.15) is 0 Å². The van der Waals surface area contributed by atoms with Crippen LogP contribution >= 0.6 is 0 Å². The van der Waals surface area contributed by atoms with E-state index in [4.69, 9.17) is 0 Å². The zero-order chi connectivity index (χ0) is 11.5. The molecule has 0 N–H and O–H groups in total. The average molecular weight is 468 g/mol. The van der Waals surface area contributed by atoms with Gasteiger partial charge in [0.2, 0.25) is 0 Å². The fourth-order valence-electron chi connectivity index (χ4n) is 1.03. The Morgan fingerprint density at radius 3 is 1.22 bits per heavy atom. The smallest absolute Gasteiger partial charge is 1.00 e. The van der Waals surface area contributed by atoms with E-state index in [2.05, 4.69) is 63.4 Å². The molecule has 0 saturated carbocycles. The van der Waals surface area contributed by atoms with Gasteiger partial charge in [0.15, 0.2) is 0 Å². The molecule has 1 radical (unpaired) electrons. The second-order valence-corrected chi connectivity index (χ2v) is 4.66. The van der Waals surface area contributed by atoms with Crippen molar-refractivity contribution in [2.24, 2.45) is 0 Å². The molecule has 0 bridgehead atoms. The van der Waals surface area contributed by atoms with Crippen molar-refractivity contribution in [1.29, 1.82) is 0 Å². The summed E-state index contributed by atoms with van der Waals surface area (Å²) in [7, 11) is 0.750. The molecule has 2 aliphatic carbocycles. The van der Waals surface area contributed by atoms with Crippen LogP contribution in [-0.4, -0.2) is 9.52 Å². The maximum absolute atomic E-state index is 3.12. The molecule has 0 fully saturated rings. The third-order valence-corrected chi connectivity index (χ3v) is 1.73. The second kappa shape index (κ2) is 20.3. The molecule has 0 aliphatic heterocycles. The number of rotatable bonds is 0. The Kier molecular flexibility index (Phi) is 30.9. The van der Waals surface area contributed by atoms with Gasteiger partial charge in [0.05, 0.1) is 0 Å². The van der Waals surface area contributed by atoms with Crippen LogP contribution in [0.1, 0.15) is 26.7 Å². The van der Waals surface area contributed by atoms with Gasteiger partial charge in [-0.05, 0) is 0 Å². The average Bonchev–Trinajstić information content (AvgIpc) is 2.81. The molecule has 4 heteroatoms. The van der Waals surface area contributed by atoms with E-state index in [0.717, 1.165) is 22.4 Å². The molecule has 18 heavy (non-hydrogen) atoms. The van der Waals surface area contributed by atoms with E-state index in [0.29, 0.717) is 0 Å². The van der Waals surface area contributed by atoms with E-state index >= 15 is 0 Å². The first kappa shape index (κ1) is 27.4. The fourth-order valence-corrected chi connectivity index (χ4v) is 1.03. The zero-order valence-electron chi connectivity index (χ0n) is 11.6. The predicted octanol–water partition coefficient (Wildman–Crippen LogP) is -2.08. The summed E-state index contributed by atoms with van der Waals surface area (Å²) in [4.78, 5) is 0. The maximum atomic E-state index is 3.12. The number of allylic oxidation sites excluding steroid dienone is 8. The van der Waals surface area contributed by atoms with Crippen LogP contribution in [-0.2, 0) is 26.2 Å². The topological polar surface area (TPSA) is 0 Å². The molecule has 2 aliphatic rings. The summed E-state index contributed by atoms with van der Waals surface area (Å²) in [6.45, 7) is 8.53. The summed E-state index contributed by atoms with van der Waals surface area (Å²) in [5.74, 6) is 0. The van der Waals surface area contributed by atoms with Crippen LogP contribution < -0.4 is 34.0 Å². The van der Waals surface area contributed by atoms with Crippen molar-refractivity contribution in [3.63, 3.8) is 0 Å². The minimum atomic E-state index is 0. The molecule has 0 aromatic carbocycles. The standard InChI is InChI=1S/2C6H7.C2H7Si.2BrH.Zr/c2*1-6-4-2-3-5-6;1-3-2;;;/h2*2,4H,3H2,1H3;3H,1-2H3;2*1H;/q2*-1;;;;+4/p-2. The first-order valence-corrected chi connectivity index (χ1v) is 7.73. The van der Waals surface area contributed by atoms with Crippen molar-refractivity contribution < 1.29 is 60.2 Å². The van der Waals surface area contributed by atoms with Crippen LogP contribution in [0.2, 0.25) is 13.1 Å². The molecule has 0 aromatic rings. The van der Waals surface area contributed by atoms with Gasteiger partial charge in [-0.2, -0.15) is 12.2 Å². The normalized spacial score (nSPS) is 13.3. The number of halogens is 2. The second-order valence-electron chi connectivity index (χ2n) is 3.51. The summed E-state index contributed by atoms with van der Waals surface area (Å²) >= 11 is 0. The Morgan fingerprint density at radius 2 is 1.17 bits per heavy atom. The van der Waals surface area contributed by atoms with Gasteiger partial charge in [-0.1, -0.05) is 26.9 Å². The van der Waals surface area contributed by atoms with Gasteiger partial charge in [-0.3, -0.25) is 12.2 Å². The van der Waals surface area contributed by atoms with Crippen LogP contribution in [0.3, 0.4) is 0 Å². The molecule has 0 atom stereocenters. The monoisotopic (exact) mass is 465 g/mol. The van der Waals surface area contributed by atoms with Crippen molar-refractivity contribution in [2.45, 2.75) is 39.8 Å². The minimum Gasteiger partial charge on any atom is -1.00 e. The number of hydrogen-bond acceptors (Lipinski definition) is 0. The van der Waals surface area contributed by atoms with Crippen molar-refractivity contribution in [3.8, 4) is 0 Å². The molecule has 99 valence electrons. The van der Waals surface area contributed by atoms with E-state index in [-0.39, 0.29) is 60.2 Å². The molecular formula is C14H21Br2SiZr. The molecule has 0 saturated heterocycles. The molecule has 0 amide bonds. The van der Waals surface area contributed by atoms with Gasteiger partial charge < -0.3 is 34.0 Å². The first-order chi connectivity index (χ1) is 7.20. The largest absolute Gasteiger partial charge is 4.00 e. The van der Waals surface area contributed by atoms with Crippen LogP contribution in [0, 0.1) is 12.2 Å². The van der Waals surface area contributed by atoms with E-state index in [1.54, 1.807) is 0 Å². The van der Waals surface area contributed by atoms with Crippen LogP contribution in [0.5, 0.6) is 0 Å². The Labute approximate surface area is 156 Å². The maximum Gasteiger partial charge on any atom is 4.00 e. The number of hydrogen-bond donors (Lipinski definition) is 0. The Bertz CT molecular complexity index is 248. The quantitative estimate of drug-likeness (QED) is 0.283. The van der Waals surface area contributed by atoms with Crippen molar-refractivity contribution in [2.75, 3.05) is 0 Å². The van der Waals surface area contributed by atoms with Crippen LogP contribution in [0.25, 0.3) is 0 Å². The van der Waals surface area contributed by atoms with E-state index in [1.165, 1.54) is 11.1 Å². The van der Waals surface area contributed by atoms with Crippen LogP contribution in [0.15, 0.2) is 35.5 Å². The first-order valence-electron chi connectivity index (χ1n) is 5.42. The summed E-state index contributed by atoms with van der Waals surface area (Å²) in [5, 5.41) is 0. The molecular weight excluding hydrogens is 447 g/mol. The van der Waals surface area contributed by atoms with Gasteiger partial charge in [0, 0.05) is 9.52 Å². The SMILES string of the molecule is CC1=[C-]CC=C1.CC1=[C-]CC=C1.C[SiH]C.[Br-].[Br-].[Zr+4]. The van der Waals surface area contributed by atoms with Crippen molar-refractivity contribution >= 4 is 9.52 Å². The van der Waals surface area contributed by atoms with E-state index < -0.39 is 0 Å². The summed E-state index contributed by atoms with van der Waals surface area (Å²) < 4.78 is 0. The van der Waals surface area contributed by atoms with Crippen LogP contribution in [0.4, 0.5) is 0 Å². The van der Waals surface area contributed by atoms with E-state index in [1.807, 2.05) is 0 Å². The molecule has 0 spiro atoms. The third-order valence-electron chi connectivity index (χ3n) is 1.73. The summed E-state index contributed by atoms with van der Waals surface area (Å²) in [5.41, 5.74) is 2.55.